The average molecular weight is 478 g/mol. The molecule has 1 heterocycles. The minimum Gasteiger partial charge on any atom is -0.507 e. The number of carbonyl (C=O) groups excluding carboxylic acids is 2. The van der Waals surface area contributed by atoms with E-state index in [1.807, 2.05) is 49.4 Å². The molecule has 7 heteroatoms. The second kappa shape index (κ2) is 9.61. The van der Waals surface area contributed by atoms with Crippen LogP contribution in [-0.4, -0.2) is 35.9 Å². The zero-order chi connectivity index (χ0) is 24.4. The third kappa shape index (κ3) is 4.24. The van der Waals surface area contributed by atoms with Gasteiger partial charge in [0.1, 0.15) is 17.3 Å². The highest BCUT2D eigenvalue weighted by atomic mass is 35.5. The van der Waals surface area contributed by atoms with Gasteiger partial charge in [-0.2, -0.15) is 0 Å². The minimum atomic E-state index is -0.812. The molecule has 1 atom stereocenters. The van der Waals surface area contributed by atoms with E-state index in [0.29, 0.717) is 22.1 Å². The van der Waals surface area contributed by atoms with E-state index in [9.17, 15) is 14.7 Å². The Hall–Kier alpha value is -3.77. The summed E-state index contributed by atoms with van der Waals surface area (Å²) < 4.78 is 10.8. The number of Topliss-reactive ketones (excluding diaryl/α,β-unsaturated/α-hetero) is 1. The number of methoxy groups -OCH3 is 2. The number of nitrogens with zero attached hydrogens (tertiary/aromatic N) is 1. The zero-order valence-corrected chi connectivity index (χ0v) is 19.8. The molecular formula is C27H24ClNO5. The van der Waals surface area contributed by atoms with E-state index in [0.717, 1.165) is 11.1 Å². The Labute approximate surface area is 203 Å². The van der Waals surface area contributed by atoms with Crippen LogP contribution in [0, 0.1) is 6.92 Å². The fourth-order valence-corrected chi connectivity index (χ4v) is 4.43. The molecule has 1 unspecified atom stereocenters. The van der Waals surface area contributed by atoms with Crippen molar-refractivity contribution in [2.45, 2.75) is 19.5 Å². The molecule has 1 fully saturated rings. The van der Waals surface area contributed by atoms with Gasteiger partial charge in [-0.3, -0.25) is 9.59 Å². The van der Waals surface area contributed by atoms with Crippen molar-refractivity contribution in [2.75, 3.05) is 14.2 Å². The number of aryl methyl sites for hydroxylation is 1. The molecule has 1 saturated heterocycles. The van der Waals surface area contributed by atoms with E-state index >= 15 is 0 Å². The normalized spacial score (nSPS) is 17.2. The first kappa shape index (κ1) is 23.4. The first-order valence-electron chi connectivity index (χ1n) is 10.7. The van der Waals surface area contributed by atoms with E-state index in [4.69, 9.17) is 21.1 Å². The number of ketones is 1. The van der Waals surface area contributed by atoms with Crippen LogP contribution in [0.3, 0.4) is 0 Å². The van der Waals surface area contributed by atoms with Crippen LogP contribution in [0.25, 0.3) is 5.76 Å². The van der Waals surface area contributed by atoms with Gasteiger partial charge in [-0.05, 0) is 36.8 Å². The highest BCUT2D eigenvalue weighted by Gasteiger charge is 2.46. The van der Waals surface area contributed by atoms with E-state index in [1.165, 1.54) is 18.1 Å². The molecule has 1 N–H and O–H groups in total. The summed E-state index contributed by atoms with van der Waals surface area (Å²) in [5, 5.41) is 11.7. The van der Waals surface area contributed by atoms with Crippen LogP contribution in [0.4, 0.5) is 0 Å². The first-order valence-corrected chi connectivity index (χ1v) is 11.0. The van der Waals surface area contributed by atoms with Crippen molar-refractivity contribution in [1.82, 2.24) is 4.90 Å². The van der Waals surface area contributed by atoms with E-state index in [2.05, 4.69) is 0 Å². The molecule has 1 amide bonds. The van der Waals surface area contributed by atoms with Crippen molar-refractivity contribution in [3.8, 4) is 11.5 Å². The van der Waals surface area contributed by atoms with Crippen molar-refractivity contribution in [3.05, 3.63) is 99.6 Å². The van der Waals surface area contributed by atoms with Crippen LogP contribution >= 0.6 is 11.6 Å². The van der Waals surface area contributed by atoms with Gasteiger partial charge in [-0.25, -0.2) is 0 Å². The molecule has 174 valence electrons. The fourth-order valence-electron chi connectivity index (χ4n) is 4.26. The van der Waals surface area contributed by atoms with E-state index < -0.39 is 17.7 Å². The third-order valence-corrected chi connectivity index (χ3v) is 6.08. The van der Waals surface area contributed by atoms with Gasteiger partial charge in [0.15, 0.2) is 0 Å². The SMILES string of the molecule is COc1ccccc1CN1C(=O)C(=O)/C(=C(/O)c2cc(Cl)ccc2OC)C1c1cccc(C)c1. The highest BCUT2D eigenvalue weighted by Crippen LogP contribution is 2.42. The van der Waals surface area contributed by atoms with E-state index in [-0.39, 0.29) is 23.4 Å². The predicted octanol–water partition coefficient (Wildman–Crippen LogP) is 5.29. The Balaban J connectivity index is 1.92. The fraction of sp³-hybridized carbons (Fsp3) is 0.185. The van der Waals surface area contributed by atoms with Crippen LogP contribution in [-0.2, 0) is 16.1 Å². The topological polar surface area (TPSA) is 76.1 Å². The standard InChI is InChI=1S/C27H24ClNO5/c1-16-7-6-9-17(13-16)24-23(25(30)20-14-19(28)11-12-22(20)34-3)26(31)27(32)29(24)15-18-8-4-5-10-21(18)33-2/h4-14,24,30H,15H2,1-3H3/b25-23+. The van der Waals surface area contributed by atoms with Gasteiger partial charge in [-0.15, -0.1) is 0 Å². The number of likely N-dealkylation sites (tertiary alicyclic amines) is 1. The molecule has 6 nitrogen and oxygen atoms in total. The zero-order valence-electron chi connectivity index (χ0n) is 19.0. The predicted molar refractivity (Wildman–Crippen MR) is 130 cm³/mol. The molecule has 0 bridgehead atoms. The summed E-state index contributed by atoms with van der Waals surface area (Å²) >= 11 is 6.17. The number of ether oxygens (including phenoxy) is 2. The Kier molecular flexibility index (Phi) is 6.61. The van der Waals surface area contributed by atoms with Crippen LogP contribution in [0.15, 0.2) is 72.3 Å². The van der Waals surface area contributed by atoms with Gasteiger partial charge < -0.3 is 19.5 Å². The smallest absolute Gasteiger partial charge is 0.295 e. The molecule has 3 aromatic rings. The quantitative estimate of drug-likeness (QED) is 0.296. The molecule has 0 saturated carbocycles. The summed E-state index contributed by atoms with van der Waals surface area (Å²) in [7, 11) is 3.01. The van der Waals surface area contributed by atoms with Crippen molar-refractivity contribution in [2.24, 2.45) is 0 Å². The number of rotatable bonds is 6. The number of amides is 1. The summed E-state index contributed by atoms with van der Waals surface area (Å²) in [5.41, 5.74) is 2.62. The number of hydrogen-bond donors (Lipinski definition) is 1. The largest absolute Gasteiger partial charge is 0.507 e. The molecule has 34 heavy (non-hydrogen) atoms. The molecule has 3 aromatic carbocycles. The summed E-state index contributed by atoms with van der Waals surface area (Å²) in [6, 6.07) is 18.7. The van der Waals surface area contributed by atoms with Gasteiger partial charge in [0, 0.05) is 10.6 Å². The molecule has 1 aliphatic rings. The van der Waals surface area contributed by atoms with Crippen LogP contribution in [0.1, 0.15) is 28.3 Å². The summed E-state index contributed by atoms with van der Waals surface area (Å²) in [4.78, 5) is 28.0. The molecule has 0 spiro atoms. The lowest BCUT2D eigenvalue weighted by Gasteiger charge is -2.26. The average Bonchev–Trinajstić information content (AvgIpc) is 3.09. The Morgan fingerprint density at radius 3 is 2.41 bits per heavy atom. The second-order valence-corrected chi connectivity index (χ2v) is 8.43. The molecule has 1 aliphatic heterocycles. The molecule has 0 aliphatic carbocycles. The van der Waals surface area contributed by atoms with Crippen LogP contribution in [0.5, 0.6) is 11.5 Å². The van der Waals surface area contributed by atoms with Gasteiger partial charge >= 0.3 is 0 Å². The number of aliphatic hydroxyl groups excluding tert-OH is 1. The maximum absolute atomic E-state index is 13.3. The van der Waals surface area contributed by atoms with Crippen LogP contribution < -0.4 is 9.47 Å². The lowest BCUT2D eigenvalue weighted by atomic mass is 9.94. The lowest BCUT2D eigenvalue weighted by molar-refractivity contribution is -0.140. The van der Waals surface area contributed by atoms with Crippen molar-refractivity contribution >= 4 is 29.1 Å². The van der Waals surface area contributed by atoms with Gasteiger partial charge in [0.2, 0.25) is 0 Å². The number of carbonyl (C=O) groups is 2. The number of halogens is 1. The summed E-state index contributed by atoms with van der Waals surface area (Å²) in [6.45, 7) is 2.05. The van der Waals surface area contributed by atoms with Crippen molar-refractivity contribution in [1.29, 1.82) is 0 Å². The van der Waals surface area contributed by atoms with Crippen molar-refractivity contribution in [3.63, 3.8) is 0 Å². The van der Waals surface area contributed by atoms with Gasteiger partial charge in [-0.1, -0.05) is 59.6 Å². The Morgan fingerprint density at radius 2 is 1.71 bits per heavy atom. The molecule has 0 aromatic heterocycles. The third-order valence-electron chi connectivity index (χ3n) is 5.85. The number of benzene rings is 3. The monoisotopic (exact) mass is 477 g/mol. The Morgan fingerprint density at radius 1 is 0.971 bits per heavy atom. The maximum atomic E-state index is 13.3. The second-order valence-electron chi connectivity index (χ2n) is 8.00. The van der Waals surface area contributed by atoms with Gasteiger partial charge in [0.25, 0.3) is 11.7 Å². The summed E-state index contributed by atoms with van der Waals surface area (Å²) in [5.74, 6) is -0.891. The van der Waals surface area contributed by atoms with Crippen molar-refractivity contribution < 1.29 is 24.2 Å². The molecule has 0 radical (unpaired) electrons. The summed E-state index contributed by atoms with van der Waals surface area (Å²) in [6.07, 6.45) is 0. The minimum absolute atomic E-state index is 0.0222. The number of para-hydroxylation sites is 1. The van der Waals surface area contributed by atoms with Gasteiger partial charge in [0.05, 0.1) is 37.9 Å². The first-order chi connectivity index (χ1) is 16.3. The highest BCUT2D eigenvalue weighted by molar-refractivity contribution is 6.46. The molecular weight excluding hydrogens is 454 g/mol. The van der Waals surface area contributed by atoms with E-state index in [1.54, 1.807) is 25.3 Å². The number of aliphatic hydroxyl groups is 1. The Bertz CT molecular complexity index is 1300. The van der Waals surface area contributed by atoms with Crippen LogP contribution in [0.2, 0.25) is 5.02 Å². The lowest BCUT2D eigenvalue weighted by Crippen LogP contribution is -2.29. The molecule has 4 rings (SSSR count). The number of hydrogen-bond acceptors (Lipinski definition) is 5. The maximum Gasteiger partial charge on any atom is 0.295 e.